The molecule has 0 saturated carbocycles. The van der Waals surface area contributed by atoms with Crippen LogP contribution in [0.2, 0.25) is 0 Å². The Morgan fingerprint density at radius 3 is 1.91 bits per heavy atom. The lowest BCUT2D eigenvalue weighted by Gasteiger charge is -2.39. The van der Waals surface area contributed by atoms with Crippen LogP contribution >= 0.6 is 0 Å². The van der Waals surface area contributed by atoms with E-state index < -0.39 is 123 Å². The van der Waals surface area contributed by atoms with Gasteiger partial charge in [-0.05, 0) is 132 Å². The van der Waals surface area contributed by atoms with Crippen molar-refractivity contribution in [2.24, 2.45) is 16.5 Å². The van der Waals surface area contributed by atoms with Crippen molar-refractivity contribution in [1.29, 1.82) is 0 Å². The minimum Gasteiger partial charge on any atom is -0.496 e. The Balaban J connectivity index is 1.52. The van der Waals surface area contributed by atoms with Gasteiger partial charge >= 0.3 is 11.9 Å². The van der Waals surface area contributed by atoms with Gasteiger partial charge in [-0.15, -0.1) is 0 Å². The van der Waals surface area contributed by atoms with Crippen molar-refractivity contribution in [2.75, 3.05) is 33.9 Å². The van der Waals surface area contributed by atoms with Gasteiger partial charge in [-0.25, -0.2) is 26.3 Å². The molecule has 3 aromatic rings. The molecule has 0 unspecified atom stereocenters. The Bertz CT molecular complexity index is 3030. The quantitative estimate of drug-likeness (QED) is 0.0242. The van der Waals surface area contributed by atoms with Gasteiger partial charge in [0.05, 0.1) is 42.9 Å². The summed E-state index contributed by atoms with van der Waals surface area (Å²) in [4.78, 5) is 97.4. The SMILES string of the molecule is COc1cc(C)c(S(=O)(=O)NCc2ccc(CN3C(=O)[C@H](CC(=O)N[C@@H](CCCN=C(N)NS(=O)(=O)c4c(C)cc(OC)c(C)c4C)C(=O)NCC(=O)O)NC(=O)[C@H]3CNC(=O)[C@@H](N)CC(=O)OC(C)(C)C)cc2)c(C)c1C. The molecule has 0 spiro atoms. The Morgan fingerprint density at radius 2 is 1.37 bits per heavy atom. The van der Waals surface area contributed by atoms with E-state index in [-0.39, 0.29) is 42.3 Å². The number of carboxylic acid groups (broad SMARTS) is 1. The number of amides is 5. The topological polar surface area (TPSA) is 376 Å². The predicted octanol–water partition coefficient (Wildman–Crippen LogP) is 0.553. The van der Waals surface area contributed by atoms with Crippen molar-refractivity contribution >= 4 is 67.5 Å². The number of nitrogens with two attached hydrogens (primary N) is 2. The molecular formula is C51H72N10O15S2. The third-order valence-corrected chi connectivity index (χ3v) is 15.9. The normalized spacial score (nSPS) is 15.8. The van der Waals surface area contributed by atoms with E-state index in [4.69, 9.17) is 25.7 Å². The van der Waals surface area contributed by atoms with Crippen molar-refractivity contribution in [3.63, 3.8) is 0 Å². The zero-order valence-corrected chi connectivity index (χ0v) is 47.3. The van der Waals surface area contributed by atoms with Crippen LogP contribution in [-0.4, -0.2) is 138 Å². The second kappa shape index (κ2) is 26.8. The first-order chi connectivity index (χ1) is 36.3. The number of piperazine rings is 1. The number of aliphatic carboxylic acids is 1. The molecule has 11 N–H and O–H groups in total. The van der Waals surface area contributed by atoms with E-state index in [0.29, 0.717) is 56.0 Å². The Morgan fingerprint density at radius 1 is 0.821 bits per heavy atom. The predicted molar refractivity (Wildman–Crippen MR) is 286 cm³/mol. The fourth-order valence-electron chi connectivity index (χ4n) is 8.55. The molecule has 1 saturated heterocycles. The molecule has 78 heavy (non-hydrogen) atoms. The minimum atomic E-state index is -4.22. The molecule has 1 aliphatic heterocycles. The van der Waals surface area contributed by atoms with E-state index in [1.165, 1.54) is 14.2 Å². The molecule has 0 aliphatic carbocycles. The standard InChI is InChI=1S/C51H72N10O15S2/c1-27-19-39(74-10)29(3)31(5)44(27)77(70,71)57-23-33-14-16-34(17-15-33)26-61-38(24-55-46(66)35(52)21-43(65)76-51(7,8)9)48(68)59-37(49(61)69)22-41(62)58-36(47(67)56-25-42(63)64)13-12-18-54-50(53)60-78(72,73)45-28(2)20-40(75-11)30(4)32(45)6/h14-17,19-20,35-38,57H,12-13,18,21-26,52H2,1-11H3,(H,55,66)(H,56,67)(H,58,62)(H,59,68)(H,63,64)(H3,53,54,60)/t35-,36-,37-,38+/m0/s1. The molecule has 4 rings (SSSR count). The Labute approximate surface area is 454 Å². The number of ether oxygens (including phenoxy) is 3. The number of nitrogens with one attached hydrogen (secondary N) is 6. The maximum absolute atomic E-state index is 14.4. The number of sulfonamides is 2. The van der Waals surface area contributed by atoms with Gasteiger partial charge in [-0.2, -0.15) is 0 Å². The monoisotopic (exact) mass is 1130 g/mol. The lowest BCUT2D eigenvalue weighted by molar-refractivity contribution is -0.156. The van der Waals surface area contributed by atoms with Gasteiger partial charge < -0.3 is 57.0 Å². The number of hydrogen-bond acceptors (Lipinski definition) is 16. The number of hydrogen-bond donors (Lipinski definition) is 9. The van der Waals surface area contributed by atoms with Crippen LogP contribution in [0.5, 0.6) is 11.5 Å². The van der Waals surface area contributed by atoms with Gasteiger partial charge in [0.15, 0.2) is 0 Å². The number of nitrogens with zero attached hydrogens (tertiary/aromatic N) is 2. The zero-order valence-electron chi connectivity index (χ0n) is 45.7. The average molecular weight is 1130 g/mol. The number of carboxylic acids is 1. The van der Waals surface area contributed by atoms with Gasteiger partial charge in [0, 0.05) is 26.2 Å². The molecule has 1 heterocycles. The van der Waals surface area contributed by atoms with E-state index in [0.717, 1.165) is 4.90 Å². The molecule has 1 fully saturated rings. The van der Waals surface area contributed by atoms with E-state index in [2.05, 4.69) is 35.7 Å². The summed E-state index contributed by atoms with van der Waals surface area (Å²) in [5.41, 5.74) is 15.2. The van der Waals surface area contributed by atoms with Gasteiger partial charge in [-0.3, -0.25) is 38.6 Å². The van der Waals surface area contributed by atoms with Crippen LogP contribution in [-0.2, 0) is 71.4 Å². The third kappa shape index (κ3) is 17.1. The summed E-state index contributed by atoms with van der Waals surface area (Å²) in [6.45, 7) is 13.1. The molecule has 0 aromatic heterocycles. The Hall–Kier alpha value is -7.36. The lowest BCUT2D eigenvalue weighted by Crippen LogP contribution is -2.66. The maximum Gasteiger partial charge on any atom is 0.322 e. The summed E-state index contributed by atoms with van der Waals surface area (Å²) in [7, 11) is -5.26. The molecular weight excluding hydrogens is 1060 g/mol. The zero-order chi connectivity index (χ0) is 58.6. The first-order valence-electron chi connectivity index (χ1n) is 24.6. The number of aryl methyl sites for hydroxylation is 2. The maximum atomic E-state index is 14.4. The van der Waals surface area contributed by atoms with Gasteiger partial charge in [0.1, 0.15) is 41.8 Å². The summed E-state index contributed by atoms with van der Waals surface area (Å²) in [5.74, 6) is -5.80. The number of aliphatic imine (C=N–C) groups is 1. The number of guanidine groups is 1. The number of esters is 1. The van der Waals surface area contributed by atoms with E-state index >= 15 is 0 Å². The molecule has 428 valence electrons. The first-order valence-corrected chi connectivity index (χ1v) is 27.6. The van der Waals surface area contributed by atoms with Crippen molar-refractivity contribution in [3.8, 4) is 11.5 Å². The van der Waals surface area contributed by atoms with Crippen LogP contribution in [0.3, 0.4) is 0 Å². The summed E-state index contributed by atoms with van der Waals surface area (Å²) in [6, 6.07) is 3.93. The lowest BCUT2D eigenvalue weighted by atomic mass is 10.0. The van der Waals surface area contributed by atoms with Gasteiger partial charge in [-0.1, -0.05) is 24.3 Å². The van der Waals surface area contributed by atoms with Crippen LogP contribution in [0.4, 0.5) is 0 Å². The fraction of sp³-hybridized carbons (Fsp3) is 0.490. The summed E-state index contributed by atoms with van der Waals surface area (Å²) < 4.78 is 74.7. The summed E-state index contributed by atoms with van der Waals surface area (Å²) in [5, 5.41) is 18.9. The fourth-order valence-corrected chi connectivity index (χ4v) is 11.6. The minimum absolute atomic E-state index is 0.00163. The largest absolute Gasteiger partial charge is 0.496 e. The highest BCUT2D eigenvalue weighted by Gasteiger charge is 2.42. The summed E-state index contributed by atoms with van der Waals surface area (Å²) in [6.07, 6.45) is -1.39. The highest BCUT2D eigenvalue weighted by molar-refractivity contribution is 7.90. The second-order valence-corrected chi connectivity index (χ2v) is 23.0. The first kappa shape index (κ1) is 63.2. The molecule has 0 radical (unpaired) electrons. The molecule has 25 nitrogen and oxygen atoms in total. The summed E-state index contributed by atoms with van der Waals surface area (Å²) >= 11 is 0. The number of benzene rings is 3. The highest BCUT2D eigenvalue weighted by atomic mass is 32.2. The van der Waals surface area contributed by atoms with E-state index in [1.54, 1.807) is 98.7 Å². The molecule has 3 aromatic carbocycles. The number of methoxy groups -OCH3 is 2. The van der Waals surface area contributed by atoms with Crippen LogP contribution in [0.15, 0.2) is 51.2 Å². The molecule has 1 aliphatic rings. The van der Waals surface area contributed by atoms with Crippen LogP contribution in [0, 0.1) is 41.5 Å². The number of rotatable bonds is 25. The molecule has 27 heteroatoms. The molecule has 0 bridgehead atoms. The Kier molecular flexibility index (Phi) is 21.7. The average Bonchev–Trinajstić information content (AvgIpc) is 3.33. The van der Waals surface area contributed by atoms with Crippen LogP contribution in [0.1, 0.15) is 91.0 Å². The second-order valence-electron chi connectivity index (χ2n) is 19.7. The van der Waals surface area contributed by atoms with Crippen molar-refractivity contribution < 1.29 is 69.7 Å². The van der Waals surface area contributed by atoms with Gasteiger partial charge in [0.2, 0.25) is 45.5 Å². The van der Waals surface area contributed by atoms with Gasteiger partial charge in [0.25, 0.3) is 10.0 Å². The van der Waals surface area contributed by atoms with Crippen LogP contribution in [0.25, 0.3) is 0 Å². The number of carbonyl (C=O) groups excluding carboxylic acids is 6. The third-order valence-electron chi connectivity index (χ3n) is 12.6. The smallest absolute Gasteiger partial charge is 0.322 e. The molecule has 4 atom stereocenters. The van der Waals surface area contributed by atoms with E-state index in [9.17, 15) is 55.5 Å². The van der Waals surface area contributed by atoms with E-state index in [1.807, 2.05) is 0 Å². The number of carbonyl (C=O) groups is 7. The highest BCUT2D eigenvalue weighted by Crippen LogP contribution is 2.32. The van der Waals surface area contributed by atoms with Crippen molar-refractivity contribution in [1.82, 2.24) is 35.6 Å². The van der Waals surface area contributed by atoms with Crippen molar-refractivity contribution in [3.05, 3.63) is 80.9 Å². The van der Waals surface area contributed by atoms with Crippen molar-refractivity contribution in [2.45, 2.75) is 141 Å². The molecule has 5 amide bonds. The van der Waals surface area contributed by atoms with Crippen LogP contribution < -0.4 is 51.7 Å².